The van der Waals surface area contributed by atoms with Crippen LogP contribution in [0.5, 0.6) is 11.5 Å². The summed E-state index contributed by atoms with van der Waals surface area (Å²) in [6.07, 6.45) is 1.61. The molecule has 0 radical (unpaired) electrons. The van der Waals surface area contributed by atoms with Gasteiger partial charge in [-0.2, -0.15) is 0 Å². The molecule has 0 atom stereocenters. The number of methoxy groups -OCH3 is 1. The molecule has 0 unspecified atom stereocenters. The van der Waals surface area contributed by atoms with E-state index in [-0.39, 0.29) is 12.7 Å². The molecule has 1 N–H and O–H groups in total. The number of amides is 1. The zero-order chi connectivity index (χ0) is 21.3. The number of hydrogen-bond donors (Lipinski definition) is 1. The molecular weight excluding hydrogens is 412 g/mol. The van der Waals surface area contributed by atoms with Crippen LogP contribution < -0.4 is 14.8 Å². The number of fused-ring (bicyclic) bond motifs is 1. The maximum atomic E-state index is 13.2. The minimum atomic E-state index is -0.529. The minimum absolute atomic E-state index is 0.0395. The van der Waals surface area contributed by atoms with Crippen LogP contribution in [0.15, 0.2) is 65.6 Å². The Labute approximate surface area is 184 Å². The second-order valence-corrected chi connectivity index (χ2v) is 8.58. The van der Waals surface area contributed by atoms with Crippen molar-refractivity contribution < 1.29 is 19.0 Å². The highest BCUT2D eigenvalue weighted by Gasteiger charge is 2.51. The fourth-order valence-corrected chi connectivity index (χ4v) is 4.30. The van der Waals surface area contributed by atoms with Gasteiger partial charge in [-0.05, 0) is 54.8 Å². The summed E-state index contributed by atoms with van der Waals surface area (Å²) >= 11 is 1.63. The van der Waals surface area contributed by atoms with Crippen LogP contribution in [0.25, 0.3) is 11.3 Å². The van der Waals surface area contributed by atoms with Crippen molar-refractivity contribution in [2.24, 2.45) is 0 Å². The molecule has 2 aromatic carbocycles. The first-order valence-corrected chi connectivity index (χ1v) is 11.1. The van der Waals surface area contributed by atoms with Crippen LogP contribution in [-0.4, -0.2) is 30.7 Å². The average Bonchev–Trinajstić information content (AvgIpc) is 3.49. The van der Waals surface area contributed by atoms with Crippen molar-refractivity contribution in [1.82, 2.24) is 4.98 Å². The van der Waals surface area contributed by atoms with Crippen LogP contribution in [-0.2, 0) is 14.9 Å². The largest absolute Gasteiger partial charge is 0.454 e. The molecule has 158 valence electrons. The number of anilines is 1. The van der Waals surface area contributed by atoms with E-state index < -0.39 is 5.41 Å². The predicted molar refractivity (Wildman–Crippen MR) is 120 cm³/mol. The number of ether oxygens (including phenoxy) is 3. The second-order valence-electron chi connectivity index (χ2n) is 7.59. The molecule has 2 heterocycles. The van der Waals surface area contributed by atoms with Gasteiger partial charge >= 0.3 is 0 Å². The summed E-state index contributed by atoms with van der Waals surface area (Å²) in [5.41, 5.74) is 2.23. The van der Waals surface area contributed by atoms with E-state index in [2.05, 4.69) is 10.3 Å². The third kappa shape index (κ3) is 3.98. The number of nitrogens with one attached hydrogen (secondary N) is 1. The normalized spacial score (nSPS) is 15.5. The molecule has 1 saturated carbocycles. The highest BCUT2D eigenvalue weighted by atomic mass is 32.2. The zero-order valence-corrected chi connectivity index (χ0v) is 17.9. The van der Waals surface area contributed by atoms with Crippen molar-refractivity contribution in [3.8, 4) is 22.8 Å². The van der Waals surface area contributed by atoms with Crippen LogP contribution in [0, 0.1) is 0 Å². The first-order valence-electron chi connectivity index (χ1n) is 10.1. The van der Waals surface area contributed by atoms with E-state index in [0.717, 1.165) is 40.3 Å². The molecule has 0 saturated heterocycles. The maximum Gasteiger partial charge on any atom is 0.236 e. The molecule has 5 rings (SSSR count). The van der Waals surface area contributed by atoms with Gasteiger partial charge in [0.05, 0.1) is 17.0 Å². The van der Waals surface area contributed by atoms with E-state index in [1.54, 1.807) is 18.9 Å². The number of thioether (sulfide) groups is 1. The molecule has 6 nitrogen and oxygen atoms in total. The third-order valence-electron chi connectivity index (χ3n) is 5.59. The molecule has 2 aliphatic rings. The second kappa shape index (κ2) is 8.24. The number of rotatable bonds is 7. The number of nitrogens with zero attached hydrogens (tertiary/aromatic N) is 1. The Bertz CT molecular complexity index is 1110. The van der Waals surface area contributed by atoms with Crippen molar-refractivity contribution in [3.05, 3.63) is 66.2 Å². The number of benzene rings is 2. The average molecular weight is 435 g/mol. The van der Waals surface area contributed by atoms with Gasteiger partial charge in [0.15, 0.2) is 11.5 Å². The number of aromatic nitrogens is 1. The zero-order valence-electron chi connectivity index (χ0n) is 17.1. The predicted octanol–water partition coefficient (Wildman–Crippen LogP) is 4.84. The maximum absolute atomic E-state index is 13.2. The van der Waals surface area contributed by atoms with Crippen molar-refractivity contribution in [2.75, 3.05) is 25.2 Å². The molecular formula is C24H22N2O4S. The van der Waals surface area contributed by atoms with Crippen LogP contribution in [0.2, 0.25) is 0 Å². The molecule has 1 aromatic heterocycles. The number of carbonyl (C=O) groups excluding carboxylic acids is 1. The first kappa shape index (κ1) is 19.9. The third-order valence-corrected chi connectivity index (χ3v) is 6.55. The van der Waals surface area contributed by atoms with E-state index >= 15 is 0 Å². The monoisotopic (exact) mass is 434 g/mol. The van der Waals surface area contributed by atoms with Crippen LogP contribution >= 0.6 is 11.8 Å². The van der Waals surface area contributed by atoms with E-state index in [1.807, 2.05) is 60.7 Å². The Morgan fingerprint density at radius 2 is 1.90 bits per heavy atom. The summed E-state index contributed by atoms with van der Waals surface area (Å²) in [4.78, 5) is 18.9. The van der Waals surface area contributed by atoms with Gasteiger partial charge in [0.25, 0.3) is 0 Å². The lowest BCUT2D eigenvalue weighted by Gasteiger charge is -2.16. The van der Waals surface area contributed by atoms with Gasteiger partial charge in [0.2, 0.25) is 12.7 Å². The standard InChI is InChI=1S/C24H22N2O4S/c1-28-15-31-18-8-5-16(6-9-18)19-3-2-4-22(25-19)26-23(27)24(11-12-24)17-7-10-20-21(13-17)30-14-29-20/h2-10,13H,11-12,14-15H2,1H3,(H,25,26,27). The molecule has 3 aromatic rings. The van der Waals surface area contributed by atoms with E-state index in [9.17, 15) is 4.79 Å². The van der Waals surface area contributed by atoms with Crippen LogP contribution in [0.3, 0.4) is 0 Å². The lowest BCUT2D eigenvalue weighted by Crippen LogP contribution is -2.28. The Morgan fingerprint density at radius 3 is 2.68 bits per heavy atom. The van der Waals surface area contributed by atoms with Gasteiger partial charge in [-0.25, -0.2) is 4.98 Å². The topological polar surface area (TPSA) is 69.7 Å². The highest BCUT2D eigenvalue weighted by Crippen LogP contribution is 2.51. The van der Waals surface area contributed by atoms with Crippen LogP contribution in [0.4, 0.5) is 5.82 Å². The Hall–Kier alpha value is -3.03. The summed E-state index contributed by atoms with van der Waals surface area (Å²) in [6, 6.07) is 19.6. The fraction of sp³-hybridized carbons (Fsp3) is 0.250. The summed E-state index contributed by atoms with van der Waals surface area (Å²) in [5.74, 6) is 2.55. The fourth-order valence-electron chi connectivity index (χ4n) is 3.72. The molecule has 1 aliphatic carbocycles. The van der Waals surface area contributed by atoms with Crippen molar-refractivity contribution in [1.29, 1.82) is 0 Å². The van der Waals surface area contributed by atoms with Gasteiger partial charge in [0, 0.05) is 17.6 Å². The Morgan fingerprint density at radius 1 is 1.10 bits per heavy atom. The van der Waals surface area contributed by atoms with Crippen molar-refractivity contribution in [2.45, 2.75) is 23.2 Å². The lowest BCUT2D eigenvalue weighted by atomic mass is 9.94. The molecule has 0 bridgehead atoms. The highest BCUT2D eigenvalue weighted by molar-refractivity contribution is 7.99. The molecule has 0 spiro atoms. The smallest absolute Gasteiger partial charge is 0.236 e. The quantitative estimate of drug-likeness (QED) is 0.424. The van der Waals surface area contributed by atoms with Crippen molar-refractivity contribution in [3.63, 3.8) is 0 Å². The number of pyridine rings is 1. The van der Waals surface area contributed by atoms with Gasteiger partial charge in [0.1, 0.15) is 5.82 Å². The lowest BCUT2D eigenvalue weighted by molar-refractivity contribution is -0.118. The van der Waals surface area contributed by atoms with Gasteiger partial charge in [-0.15, -0.1) is 0 Å². The van der Waals surface area contributed by atoms with E-state index in [1.165, 1.54) is 0 Å². The number of hydrogen-bond acceptors (Lipinski definition) is 6. The number of carbonyl (C=O) groups is 1. The molecule has 7 heteroatoms. The van der Waals surface area contributed by atoms with Crippen LogP contribution in [0.1, 0.15) is 18.4 Å². The van der Waals surface area contributed by atoms with Gasteiger partial charge in [-0.3, -0.25) is 4.79 Å². The Balaban J connectivity index is 1.32. The summed E-state index contributed by atoms with van der Waals surface area (Å²) in [5, 5.41) is 3.02. The Kier molecular flexibility index (Phi) is 5.29. The minimum Gasteiger partial charge on any atom is -0.454 e. The summed E-state index contributed by atoms with van der Waals surface area (Å²) in [7, 11) is 1.68. The van der Waals surface area contributed by atoms with E-state index in [0.29, 0.717) is 17.5 Å². The molecule has 1 fully saturated rings. The van der Waals surface area contributed by atoms with Gasteiger partial charge in [-0.1, -0.05) is 36.0 Å². The SMILES string of the molecule is COCSc1ccc(-c2cccc(NC(=O)C3(c4ccc5c(c4)OCO5)CC3)n2)cc1. The molecule has 31 heavy (non-hydrogen) atoms. The molecule has 1 amide bonds. The summed E-state index contributed by atoms with van der Waals surface area (Å²) in [6.45, 7) is 0.223. The first-order chi connectivity index (χ1) is 15.2. The molecule has 1 aliphatic heterocycles. The van der Waals surface area contributed by atoms with Crippen molar-refractivity contribution >= 4 is 23.5 Å². The summed E-state index contributed by atoms with van der Waals surface area (Å²) < 4.78 is 16.0. The van der Waals surface area contributed by atoms with Gasteiger partial charge < -0.3 is 19.5 Å². The van der Waals surface area contributed by atoms with E-state index in [4.69, 9.17) is 14.2 Å².